The van der Waals surface area contributed by atoms with Crippen molar-refractivity contribution >= 4 is 23.6 Å². The molecule has 0 unspecified atom stereocenters. The van der Waals surface area contributed by atoms with E-state index in [0.717, 1.165) is 52.0 Å². The molecule has 6 aliphatic rings. The third kappa shape index (κ3) is 12.4. The molecule has 0 radical (unpaired) electrons. The van der Waals surface area contributed by atoms with Gasteiger partial charge in [-0.05, 0) is 63.0 Å². The molecule has 0 saturated carbocycles. The molecule has 4 saturated heterocycles. The third-order valence-electron chi connectivity index (χ3n) is 13.1. The van der Waals surface area contributed by atoms with Crippen molar-refractivity contribution in [3.63, 3.8) is 0 Å². The van der Waals surface area contributed by atoms with Gasteiger partial charge >= 0.3 is 0 Å². The standard InChI is InChI=1S/2C15H18N2O4.2C8H17NO2/c18-9-10-7-16(8-13(10)19)5-6-17-14(20)11-3-1-2-4-12(11)15(17)21;18-9-12-13(19)5-6-16(12)7-8-17-14(20)10-3-1-2-4-11(10)15(17)21;1-2-4-9-5-3-8(11)7(9)6-10;1-2-3-9-4-7(6-10)8(11)5-9/h1-4,10,13,18-19H,5-9H2;1-4,12-13,18-19H,5-9H2;2*7-8,10-11H,2-6H2,1H3/t10-,13-;12-,13-;2*7-,8-/m0110/s1. The van der Waals surface area contributed by atoms with Crippen molar-refractivity contribution in [3.05, 3.63) is 70.8 Å². The van der Waals surface area contributed by atoms with Crippen LogP contribution in [-0.4, -0.2) is 235 Å². The lowest BCUT2D eigenvalue weighted by molar-refractivity contribution is 0.0551. The van der Waals surface area contributed by atoms with Gasteiger partial charge in [0.1, 0.15) is 0 Å². The van der Waals surface area contributed by atoms with Crippen molar-refractivity contribution in [1.82, 2.24) is 29.4 Å². The molecule has 8 rings (SSSR count). The Bertz CT molecular complexity index is 1770. The zero-order chi connectivity index (χ0) is 46.5. The zero-order valence-corrected chi connectivity index (χ0v) is 37.3. The molecular weight excluding hydrogens is 829 g/mol. The van der Waals surface area contributed by atoms with Crippen LogP contribution < -0.4 is 0 Å². The van der Waals surface area contributed by atoms with Gasteiger partial charge in [-0.15, -0.1) is 0 Å². The Labute approximate surface area is 375 Å². The van der Waals surface area contributed by atoms with Crippen molar-refractivity contribution in [2.75, 3.05) is 105 Å². The van der Waals surface area contributed by atoms with Crippen LogP contribution in [0.15, 0.2) is 48.5 Å². The Morgan fingerprint density at radius 3 is 1.16 bits per heavy atom. The highest BCUT2D eigenvalue weighted by Crippen LogP contribution is 2.25. The lowest BCUT2D eigenvalue weighted by atomic mass is 10.1. The predicted molar refractivity (Wildman–Crippen MR) is 236 cm³/mol. The summed E-state index contributed by atoms with van der Waals surface area (Å²) in [6, 6.07) is 13.3. The van der Waals surface area contributed by atoms with E-state index >= 15 is 0 Å². The van der Waals surface area contributed by atoms with Crippen molar-refractivity contribution in [2.24, 2.45) is 11.8 Å². The average Bonchev–Trinajstić information content (AvgIpc) is 4.14. The van der Waals surface area contributed by atoms with Crippen molar-refractivity contribution < 1.29 is 60.0 Å². The van der Waals surface area contributed by atoms with Gasteiger partial charge in [0.15, 0.2) is 0 Å². The molecule has 0 aliphatic carbocycles. The molecule has 0 spiro atoms. The van der Waals surface area contributed by atoms with Gasteiger partial charge in [-0.3, -0.25) is 43.7 Å². The molecule has 4 amide bonds. The van der Waals surface area contributed by atoms with Gasteiger partial charge in [0.05, 0.1) is 72.0 Å². The SMILES string of the molecule is CCCN1CC[C@@H](O)[C@H]1CO.CCCN1C[C@@H](CO)[C@@H](O)C1.O=C1c2ccccc2C(=O)N1CCN1CC[C@@H](O)[C@H]1CO.O=C1c2ccccc2C(=O)N1CCN1C[C@@H](CO)[C@@H](O)C1. The maximum atomic E-state index is 12.2. The molecule has 64 heavy (non-hydrogen) atoms. The fraction of sp³-hybridized carbons (Fsp3) is 0.652. The molecule has 0 aromatic heterocycles. The number of fused-ring (bicyclic) bond motifs is 2. The topological polar surface area (TPSA) is 250 Å². The van der Waals surface area contributed by atoms with Gasteiger partial charge in [0.2, 0.25) is 0 Å². The van der Waals surface area contributed by atoms with Crippen LogP contribution in [0.4, 0.5) is 0 Å². The Morgan fingerprint density at radius 2 is 0.812 bits per heavy atom. The monoisotopic (exact) mass is 899 g/mol. The smallest absolute Gasteiger partial charge is 0.261 e. The largest absolute Gasteiger partial charge is 0.396 e. The number of hydrogen-bond donors (Lipinski definition) is 8. The molecule has 6 aliphatic heterocycles. The van der Waals surface area contributed by atoms with Gasteiger partial charge in [0, 0.05) is 90.5 Å². The van der Waals surface area contributed by atoms with Crippen LogP contribution in [0.25, 0.3) is 0 Å². The van der Waals surface area contributed by atoms with E-state index in [1.165, 1.54) is 9.80 Å². The van der Waals surface area contributed by atoms with Gasteiger partial charge in [-0.25, -0.2) is 0 Å². The number of amides is 4. The second-order valence-corrected chi connectivity index (χ2v) is 17.4. The molecule has 6 heterocycles. The first kappa shape index (κ1) is 51.2. The number of imide groups is 2. The molecule has 356 valence electrons. The number of carbonyl (C=O) groups excluding carboxylic acids is 4. The number of benzene rings is 2. The van der Waals surface area contributed by atoms with Gasteiger partial charge < -0.3 is 45.8 Å². The van der Waals surface area contributed by atoms with E-state index in [1.54, 1.807) is 48.5 Å². The first-order chi connectivity index (χ1) is 30.8. The summed E-state index contributed by atoms with van der Waals surface area (Å²) in [6.07, 6.45) is 1.90. The molecule has 2 aromatic rings. The maximum Gasteiger partial charge on any atom is 0.261 e. The van der Waals surface area contributed by atoms with Crippen LogP contribution in [-0.2, 0) is 0 Å². The fourth-order valence-corrected chi connectivity index (χ4v) is 9.39. The van der Waals surface area contributed by atoms with Gasteiger partial charge in [0.25, 0.3) is 23.6 Å². The normalized spacial score (nSPS) is 28.2. The summed E-state index contributed by atoms with van der Waals surface area (Å²) in [4.78, 5) is 59.6. The molecule has 4 fully saturated rings. The number of hydrogen-bond acceptors (Lipinski definition) is 16. The number of aliphatic hydroxyl groups is 8. The first-order valence-electron chi connectivity index (χ1n) is 22.8. The minimum atomic E-state index is -0.544. The minimum absolute atomic E-state index is 0.00468. The molecular formula is C46H70N6O12. The number of carbonyl (C=O) groups is 4. The van der Waals surface area contributed by atoms with E-state index in [4.69, 9.17) is 15.3 Å². The molecule has 18 heteroatoms. The van der Waals surface area contributed by atoms with Crippen LogP contribution in [0.5, 0.6) is 0 Å². The van der Waals surface area contributed by atoms with E-state index < -0.39 is 12.2 Å². The highest BCUT2D eigenvalue weighted by molar-refractivity contribution is 6.22. The maximum absolute atomic E-state index is 12.2. The van der Waals surface area contributed by atoms with E-state index in [9.17, 15) is 44.7 Å². The van der Waals surface area contributed by atoms with Crippen LogP contribution in [0, 0.1) is 11.8 Å². The summed E-state index contributed by atoms with van der Waals surface area (Å²) in [7, 11) is 0. The van der Waals surface area contributed by atoms with Crippen LogP contribution in [0.2, 0.25) is 0 Å². The molecule has 0 bridgehead atoms. The Kier molecular flexibility index (Phi) is 19.8. The summed E-state index contributed by atoms with van der Waals surface area (Å²) < 4.78 is 0. The zero-order valence-electron chi connectivity index (χ0n) is 37.3. The van der Waals surface area contributed by atoms with E-state index in [0.29, 0.717) is 67.9 Å². The summed E-state index contributed by atoms with van der Waals surface area (Å²) in [5.41, 5.74) is 1.81. The number of nitrogens with zero attached hydrogens (tertiary/aromatic N) is 6. The van der Waals surface area contributed by atoms with Crippen LogP contribution in [0.3, 0.4) is 0 Å². The predicted octanol–water partition coefficient (Wildman–Crippen LogP) is -1.22. The van der Waals surface area contributed by atoms with Crippen molar-refractivity contribution in [1.29, 1.82) is 0 Å². The summed E-state index contributed by atoms with van der Waals surface area (Å²) in [5.74, 6) is -1.11. The molecule has 18 nitrogen and oxygen atoms in total. The Morgan fingerprint density at radius 1 is 0.453 bits per heavy atom. The van der Waals surface area contributed by atoms with E-state index in [-0.39, 0.29) is 92.7 Å². The second-order valence-electron chi connectivity index (χ2n) is 17.4. The third-order valence-corrected chi connectivity index (χ3v) is 13.1. The average molecular weight is 899 g/mol. The van der Waals surface area contributed by atoms with Crippen LogP contribution >= 0.6 is 0 Å². The molecule has 8 atom stereocenters. The summed E-state index contributed by atoms with van der Waals surface area (Å²) >= 11 is 0. The van der Waals surface area contributed by atoms with Crippen molar-refractivity contribution in [3.8, 4) is 0 Å². The number of β-amino-alcohol motifs (C(OH)–C–C–N with tert-alkyl or cyclic N) is 2. The number of rotatable bonds is 14. The van der Waals surface area contributed by atoms with Crippen molar-refractivity contribution in [2.45, 2.75) is 76.0 Å². The second kappa shape index (κ2) is 24.7. The number of aliphatic hydroxyl groups excluding tert-OH is 8. The highest BCUT2D eigenvalue weighted by Gasteiger charge is 2.39. The fourth-order valence-electron chi connectivity index (χ4n) is 9.39. The lowest BCUT2D eigenvalue weighted by Gasteiger charge is -2.26. The Balaban J connectivity index is 0.000000168. The molecule has 2 aromatic carbocycles. The van der Waals surface area contributed by atoms with Crippen LogP contribution in [0.1, 0.15) is 81.0 Å². The lowest BCUT2D eigenvalue weighted by Crippen LogP contribution is -2.43. The Hall–Kier alpha value is -3.76. The highest BCUT2D eigenvalue weighted by atomic mass is 16.3. The summed E-state index contributed by atoms with van der Waals surface area (Å²) in [6.45, 7) is 12.1. The van der Waals surface area contributed by atoms with E-state index in [2.05, 4.69) is 23.6 Å². The number of likely N-dealkylation sites (tertiary alicyclic amines) is 4. The summed E-state index contributed by atoms with van der Waals surface area (Å²) in [5, 5.41) is 74.5. The minimum Gasteiger partial charge on any atom is -0.396 e. The molecule has 8 N–H and O–H groups in total. The first-order valence-corrected chi connectivity index (χ1v) is 22.8. The van der Waals surface area contributed by atoms with Gasteiger partial charge in [-0.2, -0.15) is 0 Å². The van der Waals surface area contributed by atoms with Gasteiger partial charge in [-0.1, -0.05) is 38.1 Å². The quantitative estimate of drug-likeness (QED) is 0.104. The van der Waals surface area contributed by atoms with E-state index in [1.807, 2.05) is 9.80 Å².